The van der Waals surface area contributed by atoms with E-state index in [2.05, 4.69) is 19.2 Å². The van der Waals surface area contributed by atoms with Gasteiger partial charge in [0, 0.05) is 25.4 Å². The maximum atomic E-state index is 11.4. The SMILES string of the molecule is CC(NCC(C)(C)CCO)c1ccc(S(C)(=O)=O)cc1. The van der Waals surface area contributed by atoms with Gasteiger partial charge in [-0.05, 0) is 36.5 Å². The molecular weight excluding hydrogens is 274 g/mol. The summed E-state index contributed by atoms with van der Waals surface area (Å²) in [5.41, 5.74) is 1.09. The topological polar surface area (TPSA) is 66.4 Å². The first-order chi connectivity index (χ1) is 9.15. The van der Waals surface area contributed by atoms with Gasteiger partial charge in [-0.15, -0.1) is 0 Å². The monoisotopic (exact) mass is 299 g/mol. The summed E-state index contributed by atoms with van der Waals surface area (Å²) < 4.78 is 22.8. The van der Waals surface area contributed by atoms with Crippen molar-refractivity contribution in [1.29, 1.82) is 0 Å². The van der Waals surface area contributed by atoms with Crippen LogP contribution in [-0.4, -0.2) is 32.9 Å². The largest absolute Gasteiger partial charge is 0.396 e. The molecule has 4 nitrogen and oxygen atoms in total. The minimum absolute atomic E-state index is 0.0374. The molecule has 0 saturated heterocycles. The van der Waals surface area contributed by atoms with Crippen LogP contribution in [0.1, 0.15) is 38.8 Å². The van der Waals surface area contributed by atoms with Crippen LogP contribution in [0.25, 0.3) is 0 Å². The molecule has 0 amide bonds. The second-order valence-corrected chi connectivity index (χ2v) is 8.10. The summed E-state index contributed by atoms with van der Waals surface area (Å²) in [4.78, 5) is 0.342. The third-order valence-electron chi connectivity index (χ3n) is 3.48. The number of rotatable bonds is 7. The van der Waals surface area contributed by atoms with Gasteiger partial charge in [-0.25, -0.2) is 8.42 Å². The first-order valence-corrected chi connectivity index (χ1v) is 8.69. The normalized spacial score (nSPS) is 14.2. The third kappa shape index (κ3) is 5.23. The molecule has 0 aromatic heterocycles. The molecule has 0 bridgehead atoms. The molecule has 1 aromatic rings. The lowest BCUT2D eigenvalue weighted by atomic mass is 9.89. The number of aliphatic hydroxyl groups excluding tert-OH is 1. The average Bonchev–Trinajstić information content (AvgIpc) is 2.35. The molecule has 1 aromatic carbocycles. The standard InChI is InChI=1S/C15H25NO3S/c1-12(16-11-15(2,3)9-10-17)13-5-7-14(8-6-13)20(4,18)19/h5-8,12,16-17H,9-11H2,1-4H3. The van der Waals surface area contributed by atoms with E-state index in [4.69, 9.17) is 5.11 Å². The Hall–Kier alpha value is -0.910. The number of benzene rings is 1. The van der Waals surface area contributed by atoms with Crippen molar-refractivity contribution in [3.05, 3.63) is 29.8 Å². The zero-order valence-electron chi connectivity index (χ0n) is 12.7. The second-order valence-electron chi connectivity index (χ2n) is 6.08. The van der Waals surface area contributed by atoms with E-state index >= 15 is 0 Å². The van der Waals surface area contributed by atoms with Crippen LogP contribution in [0.3, 0.4) is 0 Å². The molecule has 114 valence electrons. The predicted molar refractivity (Wildman–Crippen MR) is 81.5 cm³/mol. The summed E-state index contributed by atoms with van der Waals surface area (Å²) in [6.45, 7) is 7.24. The van der Waals surface area contributed by atoms with Crippen LogP contribution in [0, 0.1) is 5.41 Å². The number of aliphatic hydroxyl groups is 1. The van der Waals surface area contributed by atoms with Gasteiger partial charge in [0.1, 0.15) is 0 Å². The Kier molecular flexibility index (Phi) is 5.74. The molecule has 1 rings (SSSR count). The van der Waals surface area contributed by atoms with E-state index in [1.54, 1.807) is 12.1 Å². The van der Waals surface area contributed by atoms with E-state index < -0.39 is 9.84 Å². The summed E-state index contributed by atoms with van der Waals surface area (Å²) in [6, 6.07) is 7.10. The predicted octanol–water partition coefficient (Wildman–Crippen LogP) is 2.15. The van der Waals surface area contributed by atoms with Gasteiger partial charge < -0.3 is 10.4 Å². The van der Waals surface area contributed by atoms with Crippen molar-refractivity contribution in [3.63, 3.8) is 0 Å². The van der Waals surface area contributed by atoms with Gasteiger partial charge in [0.15, 0.2) is 9.84 Å². The van der Waals surface area contributed by atoms with Crippen LogP contribution in [0.4, 0.5) is 0 Å². The lowest BCUT2D eigenvalue weighted by Gasteiger charge is -2.26. The summed E-state index contributed by atoms with van der Waals surface area (Å²) in [6.07, 6.45) is 1.96. The summed E-state index contributed by atoms with van der Waals surface area (Å²) in [5.74, 6) is 0. The van der Waals surface area contributed by atoms with Crippen molar-refractivity contribution in [3.8, 4) is 0 Å². The van der Waals surface area contributed by atoms with E-state index in [0.717, 1.165) is 18.5 Å². The summed E-state index contributed by atoms with van der Waals surface area (Å²) in [5, 5.41) is 12.4. The fourth-order valence-corrected chi connectivity index (χ4v) is 2.57. The first-order valence-electron chi connectivity index (χ1n) is 6.80. The zero-order valence-corrected chi connectivity index (χ0v) is 13.5. The smallest absolute Gasteiger partial charge is 0.175 e. The molecule has 5 heteroatoms. The van der Waals surface area contributed by atoms with Crippen LogP contribution >= 0.6 is 0 Å². The Labute approximate surface area is 122 Å². The Morgan fingerprint density at radius 2 is 1.80 bits per heavy atom. The molecule has 1 unspecified atom stereocenters. The van der Waals surface area contributed by atoms with Gasteiger partial charge >= 0.3 is 0 Å². The highest BCUT2D eigenvalue weighted by Gasteiger charge is 2.18. The van der Waals surface area contributed by atoms with Crippen molar-refractivity contribution >= 4 is 9.84 Å². The molecule has 0 spiro atoms. The van der Waals surface area contributed by atoms with Crippen molar-refractivity contribution in [2.45, 2.75) is 38.1 Å². The Morgan fingerprint density at radius 3 is 2.25 bits per heavy atom. The number of hydrogen-bond acceptors (Lipinski definition) is 4. The van der Waals surface area contributed by atoms with Gasteiger partial charge in [0.05, 0.1) is 4.90 Å². The zero-order chi connectivity index (χ0) is 15.4. The Balaban J connectivity index is 2.67. The second kappa shape index (κ2) is 6.70. The van der Waals surface area contributed by atoms with Gasteiger partial charge in [0.2, 0.25) is 0 Å². The maximum Gasteiger partial charge on any atom is 0.175 e. The van der Waals surface area contributed by atoms with Crippen molar-refractivity contribution in [1.82, 2.24) is 5.32 Å². The first kappa shape index (κ1) is 17.1. The van der Waals surface area contributed by atoms with E-state index in [1.165, 1.54) is 6.26 Å². The number of nitrogens with one attached hydrogen (secondary N) is 1. The number of sulfone groups is 1. The van der Waals surface area contributed by atoms with Gasteiger partial charge in [0.25, 0.3) is 0 Å². The minimum atomic E-state index is -3.14. The third-order valence-corrected chi connectivity index (χ3v) is 4.61. The number of hydrogen-bond donors (Lipinski definition) is 2. The lowest BCUT2D eigenvalue weighted by molar-refractivity contribution is 0.204. The van der Waals surface area contributed by atoms with Crippen LogP contribution in [-0.2, 0) is 9.84 Å². The highest BCUT2D eigenvalue weighted by Crippen LogP contribution is 2.21. The average molecular weight is 299 g/mol. The van der Waals surface area contributed by atoms with Crippen LogP contribution in [0.15, 0.2) is 29.2 Å². The molecular formula is C15H25NO3S. The van der Waals surface area contributed by atoms with Crippen molar-refractivity contribution in [2.24, 2.45) is 5.41 Å². The van der Waals surface area contributed by atoms with Crippen molar-refractivity contribution in [2.75, 3.05) is 19.4 Å². The Bertz CT molecular complexity index is 521. The molecule has 0 fully saturated rings. The van der Waals surface area contributed by atoms with E-state index in [9.17, 15) is 8.42 Å². The minimum Gasteiger partial charge on any atom is -0.396 e. The van der Waals surface area contributed by atoms with Crippen LogP contribution in [0.5, 0.6) is 0 Å². The summed E-state index contributed by atoms with van der Waals surface area (Å²) in [7, 11) is -3.14. The maximum absolute atomic E-state index is 11.4. The molecule has 2 N–H and O–H groups in total. The van der Waals surface area contributed by atoms with Gasteiger partial charge in [-0.1, -0.05) is 26.0 Å². The molecule has 0 aliphatic rings. The van der Waals surface area contributed by atoms with Gasteiger partial charge in [-0.2, -0.15) is 0 Å². The molecule has 0 saturated carbocycles. The molecule has 0 aliphatic carbocycles. The molecule has 0 heterocycles. The van der Waals surface area contributed by atoms with E-state index in [-0.39, 0.29) is 18.1 Å². The quantitative estimate of drug-likeness (QED) is 0.809. The molecule has 20 heavy (non-hydrogen) atoms. The van der Waals surface area contributed by atoms with Crippen molar-refractivity contribution < 1.29 is 13.5 Å². The van der Waals surface area contributed by atoms with Crippen LogP contribution in [0.2, 0.25) is 0 Å². The lowest BCUT2D eigenvalue weighted by Crippen LogP contribution is -2.32. The van der Waals surface area contributed by atoms with E-state index in [1.807, 2.05) is 19.1 Å². The Morgan fingerprint density at radius 1 is 1.25 bits per heavy atom. The highest BCUT2D eigenvalue weighted by atomic mass is 32.2. The highest BCUT2D eigenvalue weighted by molar-refractivity contribution is 7.90. The summed E-state index contributed by atoms with van der Waals surface area (Å²) >= 11 is 0. The van der Waals surface area contributed by atoms with Gasteiger partial charge in [-0.3, -0.25) is 0 Å². The molecule has 0 radical (unpaired) electrons. The fourth-order valence-electron chi connectivity index (χ4n) is 1.94. The fraction of sp³-hybridized carbons (Fsp3) is 0.600. The molecule has 0 aliphatic heterocycles. The van der Waals surface area contributed by atoms with E-state index in [0.29, 0.717) is 4.90 Å². The molecule has 1 atom stereocenters. The van der Waals surface area contributed by atoms with Crippen LogP contribution < -0.4 is 5.32 Å².